The van der Waals surface area contributed by atoms with E-state index in [0.717, 1.165) is 25.7 Å². The van der Waals surface area contributed by atoms with Gasteiger partial charge in [-0.1, -0.05) is 27.7 Å². The van der Waals surface area contributed by atoms with Crippen LogP contribution in [-0.4, -0.2) is 35.9 Å². The van der Waals surface area contributed by atoms with Crippen molar-refractivity contribution in [3.05, 3.63) is 0 Å². The molecule has 4 heteroatoms. The highest BCUT2D eigenvalue weighted by Crippen LogP contribution is 2.36. The van der Waals surface area contributed by atoms with Crippen molar-refractivity contribution in [1.82, 2.24) is 5.32 Å². The minimum absolute atomic E-state index is 0.153. The number of ether oxygens (including phenoxy) is 1. The maximum atomic E-state index is 11.1. The van der Waals surface area contributed by atoms with Crippen LogP contribution in [0.3, 0.4) is 0 Å². The summed E-state index contributed by atoms with van der Waals surface area (Å²) in [5.74, 6) is -0.833. The summed E-state index contributed by atoms with van der Waals surface area (Å²) >= 11 is 0. The van der Waals surface area contributed by atoms with Crippen LogP contribution in [-0.2, 0) is 9.53 Å². The average Bonchev–Trinajstić information content (AvgIpc) is 2.25. The van der Waals surface area contributed by atoms with E-state index in [1.165, 1.54) is 0 Å². The molecule has 0 spiro atoms. The summed E-state index contributed by atoms with van der Waals surface area (Å²) in [6, 6.07) is -0.445. The second kappa shape index (κ2) is 6.53. The van der Waals surface area contributed by atoms with Gasteiger partial charge in [0.15, 0.2) is 0 Å². The van der Waals surface area contributed by atoms with Gasteiger partial charge in [0.2, 0.25) is 0 Å². The number of nitrogens with one attached hydrogen (secondary N) is 1. The molecule has 1 aliphatic rings. The van der Waals surface area contributed by atoms with Crippen molar-refractivity contribution < 1.29 is 14.6 Å². The lowest BCUT2D eigenvalue weighted by Gasteiger charge is -2.34. The molecule has 106 valence electrons. The zero-order valence-corrected chi connectivity index (χ0v) is 12.0. The summed E-state index contributed by atoms with van der Waals surface area (Å²) in [5, 5.41) is 12.1. The third-order valence-electron chi connectivity index (χ3n) is 3.62. The second-order valence-corrected chi connectivity index (χ2v) is 6.41. The molecule has 0 heterocycles. The van der Waals surface area contributed by atoms with E-state index in [9.17, 15) is 4.79 Å². The van der Waals surface area contributed by atoms with Crippen LogP contribution in [0.1, 0.15) is 53.4 Å². The monoisotopic (exact) mass is 257 g/mol. The molecule has 0 saturated heterocycles. The highest BCUT2D eigenvalue weighted by atomic mass is 16.5. The smallest absolute Gasteiger partial charge is 0.323 e. The molecule has 0 aliphatic heterocycles. The Kier molecular flexibility index (Phi) is 5.60. The molecule has 1 unspecified atom stereocenters. The van der Waals surface area contributed by atoms with Crippen molar-refractivity contribution in [2.24, 2.45) is 5.41 Å². The number of aliphatic carboxylic acids is 1. The molecule has 18 heavy (non-hydrogen) atoms. The molecule has 0 aromatic heterocycles. The Labute approximate surface area is 110 Å². The molecule has 1 fully saturated rings. The molecule has 4 nitrogen and oxygen atoms in total. The van der Waals surface area contributed by atoms with Gasteiger partial charge in [-0.3, -0.25) is 4.79 Å². The number of carbonyl (C=O) groups is 1. The first-order chi connectivity index (χ1) is 8.30. The first-order valence-electron chi connectivity index (χ1n) is 6.90. The Balaban J connectivity index is 2.32. The average molecular weight is 257 g/mol. The Morgan fingerprint density at radius 1 is 1.39 bits per heavy atom. The van der Waals surface area contributed by atoms with E-state index in [4.69, 9.17) is 9.84 Å². The molecule has 1 aliphatic carbocycles. The van der Waals surface area contributed by atoms with Gasteiger partial charge in [0.1, 0.15) is 6.04 Å². The summed E-state index contributed by atoms with van der Waals surface area (Å²) in [7, 11) is 0. The Bertz CT molecular complexity index is 266. The summed E-state index contributed by atoms with van der Waals surface area (Å²) in [4.78, 5) is 11.1. The molecular weight excluding hydrogens is 230 g/mol. The summed E-state index contributed by atoms with van der Waals surface area (Å²) in [6.45, 7) is 8.71. The lowest BCUT2D eigenvalue weighted by molar-refractivity contribution is -0.142. The van der Waals surface area contributed by atoms with E-state index >= 15 is 0 Å². The fourth-order valence-electron chi connectivity index (χ4n) is 2.36. The van der Waals surface area contributed by atoms with Crippen molar-refractivity contribution >= 4 is 5.97 Å². The van der Waals surface area contributed by atoms with Crippen LogP contribution in [0.5, 0.6) is 0 Å². The Hall–Kier alpha value is -0.610. The van der Waals surface area contributed by atoms with Crippen LogP contribution < -0.4 is 5.32 Å². The maximum absolute atomic E-state index is 11.1. The van der Waals surface area contributed by atoms with Crippen molar-refractivity contribution in [2.75, 3.05) is 6.61 Å². The van der Waals surface area contributed by atoms with Crippen molar-refractivity contribution in [2.45, 2.75) is 71.6 Å². The largest absolute Gasteiger partial charge is 0.480 e. The number of hydrogen-bond acceptors (Lipinski definition) is 3. The van der Waals surface area contributed by atoms with Crippen LogP contribution in [0.15, 0.2) is 0 Å². The summed E-state index contributed by atoms with van der Waals surface area (Å²) < 4.78 is 5.76. The predicted octanol–water partition coefficient (Wildman–Crippen LogP) is 2.42. The topological polar surface area (TPSA) is 58.6 Å². The number of hydrogen-bond donors (Lipinski definition) is 2. The quantitative estimate of drug-likeness (QED) is 0.767. The maximum Gasteiger partial charge on any atom is 0.323 e. The van der Waals surface area contributed by atoms with Gasteiger partial charge in [-0.15, -0.1) is 0 Å². The lowest BCUT2D eigenvalue weighted by Crippen LogP contribution is -2.45. The first kappa shape index (κ1) is 15.4. The predicted molar refractivity (Wildman–Crippen MR) is 71.7 cm³/mol. The molecule has 0 aromatic carbocycles. The molecule has 1 saturated carbocycles. The molecule has 0 bridgehead atoms. The SMILES string of the molecule is CC(C)NC(COC1CCC(C)(C)CC1)C(=O)O. The fourth-order valence-corrected chi connectivity index (χ4v) is 2.36. The van der Waals surface area contributed by atoms with Gasteiger partial charge in [0, 0.05) is 6.04 Å². The minimum Gasteiger partial charge on any atom is -0.480 e. The zero-order chi connectivity index (χ0) is 13.8. The van der Waals surface area contributed by atoms with Crippen LogP contribution in [0, 0.1) is 5.41 Å². The van der Waals surface area contributed by atoms with Gasteiger partial charge < -0.3 is 15.2 Å². The van der Waals surface area contributed by atoms with Crippen LogP contribution >= 0.6 is 0 Å². The standard InChI is InChI=1S/C14H27NO3/c1-10(2)15-12(13(16)17)9-18-11-5-7-14(3,4)8-6-11/h10-12,15H,5-9H2,1-4H3,(H,16,17). The number of carboxylic acid groups (broad SMARTS) is 1. The molecule has 1 rings (SSSR count). The van der Waals surface area contributed by atoms with Crippen LogP contribution in [0.4, 0.5) is 0 Å². The highest BCUT2D eigenvalue weighted by Gasteiger charge is 2.28. The first-order valence-corrected chi connectivity index (χ1v) is 6.90. The van der Waals surface area contributed by atoms with E-state index in [2.05, 4.69) is 19.2 Å². The van der Waals surface area contributed by atoms with Gasteiger partial charge in [-0.05, 0) is 31.1 Å². The van der Waals surface area contributed by atoms with Crippen molar-refractivity contribution in [3.63, 3.8) is 0 Å². The molecule has 1 atom stereocenters. The van der Waals surface area contributed by atoms with Gasteiger partial charge in [0.05, 0.1) is 12.7 Å². The molecule has 0 aromatic rings. The Morgan fingerprint density at radius 3 is 2.39 bits per heavy atom. The minimum atomic E-state index is -0.833. The van der Waals surface area contributed by atoms with E-state index in [1.54, 1.807) is 0 Å². The van der Waals surface area contributed by atoms with E-state index < -0.39 is 12.0 Å². The van der Waals surface area contributed by atoms with Crippen LogP contribution in [0.25, 0.3) is 0 Å². The van der Waals surface area contributed by atoms with Crippen molar-refractivity contribution in [3.8, 4) is 0 Å². The van der Waals surface area contributed by atoms with E-state index in [1.807, 2.05) is 13.8 Å². The van der Waals surface area contributed by atoms with Crippen molar-refractivity contribution in [1.29, 1.82) is 0 Å². The van der Waals surface area contributed by atoms with Gasteiger partial charge in [-0.2, -0.15) is 0 Å². The third kappa shape index (κ3) is 5.36. The number of rotatable bonds is 6. The zero-order valence-electron chi connectivity index (χ0n) is 12.0. The molecular formula is C14H27NO3. The van der Waals surface area contributed by atoms with E-state index in [-0.39, 0.29) is 18.8 Å². The summed E-state index contributed by atoms with van der Waals surface area (Å²) in [6.07, 6.45) is 4.64. The number of carboxylic acids is 1. The molecule has 2 N–H and O–H groups in total. The van der Waals surface area contributed by atoms with Gasteiger partial charge in [0.25, 0.3) is 0 Å². The Morgan fingerprint density at radius 2 is 1.94 bits per heavy atom. The fraction of sp³-hybridized carbons (Fsp3) is 0.929. The van der Waals surface area contributed by atoms with Crippen LogP contribution in [0.2, 0.25) is 0 Å². The normalized spacial score (nSPS) is 22.1. The highest BCUT2D eigenvalue weighted by molar-refractivity contribution is 5.73. The third-order valence-corrected chi connectivity index (χ3v) is 3.62. The molecule has 0 radical (unpaired) electrons. The van der Waals surface area contributed by atoms with Gasteiger partial charge in [-0.25, -0.2) is 0 Å². The van der Waals surface area contributed by atoms with Gasteiger partial charge >= 0.3 is 5.97 Å². The molecule has 0 amide bonds. The second-order valence-electron chi connectivity index (χ2n) is 6.41. The summed E-state index contributed by atoms with van der Waals surface area (Å²) in [5.41, 5.74) is 0.419. The van der Waals surface area contributed by atoms with E-state index in [0.29, 0.717) is 5.41 Å². The lowest BCUT2D eigenvalue weighted by atomic mass is 9.76.